The molecule has 0 saturated carbocycles. The number of hydrogen-bond donors (Lipinski definition) is 0. The molecule has 1 aromatic carbocycles. The number of ether oxygens (including phenoxy) is 1. The maximum atomic E-state index is 5.77. The maximum Gasteiger partial charge on any atom is 0.142 e. The van der Waals surface area contributed by atoms with Gasteiger partial charge < -0.3 is 9.64 Å². The molecular weight excluding hydrogens is 248 g/mol. The monoisotopic (exact) mass is 262 g/mol. The number of hydrogen-bond acceptors (Lipinski definition) is 3. The Labute approximate surface area is 112 Å². The highest BCUT2D eigenvalue weighted by Gasteiger charge is 2.07. The molecule has 0 N–H and O–H groups in total. The number of anilines is 1. The van der Waals surface area contributed by atoms with Gasteiger partial charge in [-0.1, -0.05) is 29.8 Å². The molecule has 0 atom stereocenters. The highest BCUT2D eigenvalue weighted by molar-refractivity contribution is 6.29. The zero-order chi connectivity index (χ0) is 13.0. The van der Waals surface area contributed by atoms with Crippen molar-refractivity contribution < 1.29 is 4.74 Å². The summed E-state index contributed by atoms with van der Waals surface area (Å²) >= 11 is 5.77. The fourth-order valence-electron chi connectivity index (χ4n) is 1.80. The van der Waals surface area contributed by atoms with Crippen molar-refractivity contribution in [3.63, 3.8) is 0 Å². The molecule has 0 unspecified atom stereocenters. The van der Waals surface area contributed by atoms with Crippen LogP contribution in [0.1, 0.15) is 5.56 Å². The quantitative estimate of drug-likeness (QED) is 0.790. The second kappa shape index (κ2) is 5.74. The summed E-state index contributed by atoms with van der Waals surface area (Å²) in [7, 11) is 3.70. The minimum atomic E-state index is 0.513. The van der Waals surface area contributed by atoms with E-state index in [0.717, 1.165) is 23.5 Å². The zero-order valence-corrected chi connectivity index (χ0v) is 11.2. The van der Waals surface area contributed by atoms with Gasteiger partial charge in [-0.3, -0.25) is 0 Å². The number of aromatic nitrogens is 1. The minimum Gasteiger partial charge on any atom is -0.495 e. The lowest BCUT2D eigenvalue weighted by Gasteiger charge is -2.21. The first-order valence-corrected chi connectivity index (χ1v) is 6.03. The van der Waals surface area contributed by atoms with Crippen LogP contribution in [0, 0.1) is 0 Å². The van der Waals surface area contributed by atoms with Crippen molar-refractivity contribution in [1.82, 2.24) is 4.98 Å². The molecule has 0 aliphatic heterocycles. The molecule has 1 aromatic heterocycles. The Hall–Kier alpha value is -1.74. The molecule has 2 aromatic rings. The third kappa shape index (κ3) is 2.93. The SMILES string of the molecule is COc1ccccc1N(C)Cc1ccc(Cl)nc1. The fourth-order valence-corrected chi connectivity index (χ4v) is 1.92. The predicted octanol–water partition coefficient (Wildman–Crippen LogP) is 3.38. The van der Waals surface area contributed by atoms with Crippen LogP contribution in [-0.2, 0) is 6.54 Å². The van der Waals surface area contributed by atoms with Gasteiger partial charge in [0, 0.05) is 19.8 Å². The first kappa shape index (κ1) is 12.7. The number of pyridine rings is 1. The van der Waals surface area contributed by atoms with Gasteiger partial charge in [0.05, 0.1) is 12.8 Å². The van der Waals surface area contributed by atoms with E-state index in [1.807, 2.05) is 37.4 Å². The first-order valence-electron chi connectivity index (χ1n) is 5.65. The first-order chi connectivity index (χ1) is 8.70. The lowest BCUT2D eigenvalue weighted by molar-refractivity contribution is 0.415. The van der Waals surface area contributed by atoms with Crippen LogP contribution in [0.3, 0.4) is 0 Å². The average molecular weight is 263 g/mol. The number of methoxy groups -OCH3 is 1. The van der Waals surface area contributed by atoms with Crippen LogP contribution in [0.15, 0.2) is 42.6 Å². The van der Waals surface area contributed by atoms with Gasteiger partial charge in [-0.15, -0.1) is 0 Å². The normalized spacial score (nSPS) is 10.2. The molecule has 1 heterocycles. The van der Waals surface area contributed by atoms with Crippen molar-refractivity contribution >= 4 is 17.3 Å². The highest BCUT2D eigenvalue weighted by atomic mass is 35.5. The topological polar surface area (TPSA) is 25.4 Å². The Morgan fingerprint density at radius 1 is 1.22 bits per heavy atom. The van der Waals surface area contributed by atoms with Crippen molar-refractivity contribution in [2.24, 2.45) is 0 Å². The molecule has 0 bridgehead atoms. The molecule has 0 radical (unpaired) electrons. The van der Waals surface area contributed by atoms with Crippen molar-refractivity contribution in [1.29, 1.82) is 0 Å². The van der Waals surface area contributed by atoms with E-state index in [1.54, 1.807) is 19.4 Å². The van der Waals surface area contributed by atoms with E-state index in [4.69, 9.17) is 16.3 Å². The third-order valence-corrected chi connectivity index (χ3v) is 2.93. The molecule has 94 valence electrons. The molecule has 0 fully saturated rings. The Morgan fingerprint density at radius 2 is 2.00 bits per heavy atom. The largest absolute Gasteiger partial charge is 0.495 e. The summed E-state index contributed by atoms with van der Waals surface area (Å²) in [5.41, 5.74) is 2.16. The molecular formula is C14H15ClN2O. The lowest BCUT2D eigenvalue weighted by Crippen LogP contribution is -2.17. The van der Waals surface area contributed by atoms with Crippen molar-refractivity contribution in [2.45, 2.75) is 6.54 Å². The second-order valence-corrected chi connectivity index (χ2v) is 4.40. The highest BCUT2D eigenvalue weighted by Crippen LogP contribution is 2.27. The maximum absolute atomic E-state index is 5.77. The second-order valence-electron chi connectivity index (χ2n) is 4.02. The Morgan fingerprint density at radius 3 is 2.67 bits per heavy atom. The van der Waals surface area contributed by atoms with Gasteiger partial charge in [0.25, 0.3) is 0 Å². The number of para-hydroxylation sites is 2. The predicted molar refractivity (Wildman–Crippen MR) is 74.3 cm³/mol. The number of halogens is 1. The van der Waals surface area contributed by atoms with E-state index in [1.165, 1.54) is 0 Å². The average Bonchev–Trinajstić information content (AvgIpc) is 2.41. The molecule has 3 nitrogen and oxygen atoms in total. The van der Waals surface area contributed by atoms with Crippen LogP contribution in [0.5, 0.6) is 5.75 Å². The van der Waals surface area contributed by atoms with Gasteiger partial charge in [-0.05, 0) is 23.8 Å². The van der Waals surface area contributed by atoms with Gasteiger partial charge >= 0.3 is 0 Å². The summed E-state index contributed by atoms with van der Waals surface area (Å²) < 4.78 is 5.34. The van der Waals surface area contributed by atoms with Crippen LogP contribution in [-0.4, -0.2) is 19.1 Å². The Bertz CT molecular complexity index is 513. The summed E-state index contributed by atoms with van der Waals surface area (Å²) in [5, 5.41) is 0.513. The summed E-state index contributed by atoms with van der Waals surface area (Å²) in [6.07, 6.45) is 1.79. The van der Waals surface area contributed by atoms with Crippen LogP contribution >= 0.6 is 11.6 Å². The number of rotatable bonds is 4. The molecule has 0 aliphatic carbocycles. The summed E-state index contributed by atoms with van der Waals surface area (Å²) in [5.74, 6) is 0.863. The van der Waals surface area contributed by atoms with Crippen LogP contribution < -0.4 is 9.64 Å². The van der Waals surface area contributed by atoms with Crippen LogP contribution in [0.25, 0.3) is 0 Å². The zero-order valence-electron chi connectivity index (χ0n) is 10.4. The molecule has 0 saturated heterocycles. The lowest BCUT2D eigenvalue weighted by atomic mass is 10.2. The van der Waals surface area contributed by atoms with Gasteiger partial charge in [0.1, 0.15) is 10.9 Å². The van der Waals surface area contributed by atoms with Crippen molar-refractivity contribution in [3.05, 3.63) is 53.3 Å². The van der Waals surface area contributed by atoms with E-state index in [9.17, 15) is 0 Å². The minimum absolute atomic E-state index is 0.513. The van der Waals surface area contributed by atoms with E-state index < -0.39 is 0 Å². The summed E-state index contributed by atoms with van der Waals surface area (Å²) in [6, 6.07) is 11.7. The number of nitrogens with zero attached hydrogens (tertiary/aromatic N) is 2. The summed E-state index contributed by atoms with van der Waals surface area (Å²) in [4.78, 5) is 6.19. The van der Waals surface area contributed by atoms with E-state index in [0.29, 0.717) is 5.15 Å². The molecule has 0 amide bonds. The van der Waals surface area contributed by atoms with Crippen molar-refractivity contribution in [3.8, 4) is 5.75 Å². The summed E-state index contributed by atoms with van der Waals surface area (Å²) in [6.45, 7) is 0.755. The van der Waals surface area contributed by atoms with Crippen LogP contribution in [0.4, 0.5) is 5.69 Å². The standard InChI is InChI=1S/C14H15ClN2O/c1-17(10-11-7-8-14(15)16-9-11)12-5-3-4-6-13(12)18-2/h3-9H,10H2,1-2H3. The van der Waals surface area contributed by atoms with Crippen LogP contribution in [0.2, 0.25) is 5.15 Å². The van der Waals surface area contributed by atoms with Gasteiger partial charge in [-0.25, -0.2) is 4.98 Å². The van der Waals surface area contributed by atoms with E-state index in [2.05, 4.69) is 9.88 Å². The molecule has 0 spiro atoms. The molecule has 4 heteroatoms. The smallest absolute Gasteiger partial charge is 0.142 e. The molecule has 18 heavy (non-hydrogen) atoms. The molecule has 0 aliphatic rings. The third-order valence-electron chi connectivity index (χ3n) is 2.70. The van der Waals surface area contributed by atoms with Gasteiger partial charge in [-0.2, -0.15) is 0 Å². The Kier molecular flexibility index (Phi) is 4.05. The number of benzene rings is 1. The molecule has 2 rings (SSSR count). The Balaban J connectivity index is 2.16. The van der Waals surface area contributed by atoms with Gasteiger partial charge in [0.2, 0.25) is 0 Å². The van der Waals surface area contributed by atoms with Gasteiger partial charge in [0.15, 0.2) is 0 Å². The van der Waals surface area contributed by atoms with Crippen molar-refractivity contribution in [2.75, 3.05) is 19.1 Å². The van der Waals surface area contributed by atoms with E-state index >= 15 is 0 Å². The van der Waals surface area contributed by atoms with E-state index in [-0.39, 0.29) is 0 Å². The fraction of sp³-hybridized carbons (Fsp3) is 0.214.